The molecule has 2 fully saturated rings. The highest BCUT2D eigenvalue weighted by atomic mass is 79.9. The summed E-state index contributed by atoms with van der Waals surface area (Å²) < 4.78 is 56.4. The van der Waals surface area contributed by atoms with Crippen LogP contribution in [0.5, 0.6) is 0 Å². The van der Waals surface area contributed by atoms with Crippen LogP contribution in [0, 0.1) is 24.7 Å². The number of unbranched alkanes of at least 4 members (excludes halogenated alkanes) is 2. The summed E-state index contributed by atoms with van der Waals surface area (Å²) >= 11 is 10.0. The van der Waals surface area contributed by atoms with E-state index in [2.05, 4.69) is 33.1 Å². The molecule has 5 amide bonds. The molecule has 3 aliphatic heterocycles. The first-order valence-corrected chi connectivity index (χ1v) is 33.2. The molecule has 0 radical (unpaired) electrons. The Morgan fingerprint density at radius 1 is 1.04 bits per heavy atom. The predicted molar refractivity (Wildman–Crippen MR) is 337 cm³/mol. The van der Waals surface area contributed by atoms with Crippen LogP contribution in [0.3, 0.4) is 0 Å². The number of aryl methyl sites for hydroxylation is 1. The van der Waals surface area contributed by atoms with Gasteiger partial charge in [-0.25, -0.2) is 22.8 Å². The number of carbonyl (C=O) groups excluding carboxylic acids is 9. The third-order valence-electron chi connectivity index (χ3n) is 16.8. The molecule has 0 unspecified atom stereocenters. The maximum Gasteiger partial charge on any atom is 0.334 e. The Bertz CT molecular complexity index is 3190. The molecule has 2 aromatic rings. The number of ether oxygens (including phenoxy) is 5. The number of primary amides is 1. The van der Waals surface area contributed by atoms with Gasteiger partial charge in [0.1, 0.15) is 41.3 Å². The summed E-state index contributed by atoms with van der Waals surface area (Å²) in [5.74, 6) is -6.66. The van der Waals surface area contributed by atoms with Crippen molar-refractivity contribution in [2.24, 2.45) is 23.5 Å². The molecule has 0 aromatic heterocycles. The number of methoxy groups -OCH3 is 1. The summed E-state index contributed by atoms with van der Waals surface area (Å²) in [4.78, 5) is 123. The summed E-state index contributed by atoms with van der Waals surface area (Å²) in [5.41, 5.74) is 5.15. The van der Waals surface area contributed by atoms with Gasteiger partial charge in [-0.3, -0.25) is 28.8 Å². The Hall–Kier alpha value is -6.31. The zero-order chi connectivity index (χ0) is 66.5. The van der Waals surface area contributed by atoms with Crippen LogP contribution < -0.4 is 21.3 Å². The first-order valence-electron chi connectivity index (χ1n) is 29.8. The molecule has 4 bridgehead atoms. The molecule has 0 aliphatic carbocycles. The van der Waals surface area contributed by atoms with E-state index in [4.69, 9.17) is 41.0 Å². The number of aliphatic hydroxyl groups is 1. The molecule has 25 heteroatoms. The lowest BCUT2D eigenvalue weighted by Gasteiger charge is -2.41. The van der Waals surface area contributed by atoms with Crippen LogP contribution >= 0.6 is 27.5 Å². The number of likely N-dealkylation sites (N-methyl/N-ethyl adjacent to an activating group) is 1. The van der Waals surface area contributed by atoms with Gasteiger partial charge < -0.3 is 55.0 Å². The number of urea groups is 1. The van der Waals surface area contributed by atoms with E-state index in [1.54, 1.807) is 53.0 Å². The van der Waals surface area contributed by atoms with Gasteiger partial charge >= 0.3 is 23.9 Å². The van der Waals surface area contributed by atoms with Crippen LogP contribution in [0.2, 0.25) is 5.02 Å². The van der Waals surface area contributed by atoms with Crippen LogP contribution in [0.25, 0.3) is 0 Å². The predicted octanol–water partition coefficient (Wildman–Crippen LogP) is 7.11. The molecule has 5 rings (SSSR count). The average molecular weight is 1350 g/mol. The number of fused-ring (bicyclic) bond motifs is 5. The van der Waals surface area contributed by atoms with Gasteiger partial charge in [0.2, 0.25) is 11.8 Å². The smallest absolute Gasteiger partial charge is 0.334 e. The lowest BCUT2D eigenvalue weighted by molar-refractivity contribution is -0.187. The van der Waals surface area contributed by atoms with Crippen molar-refractivity contribution in [2.75, 3.05) is 50.8 Å². The summed E-state index contributed by atoms with van der Waals surface area (Å²) in [6.45, 7) is 15.9. The van der Waals surface area contributed by atoms with Crippen LogP contribution in [0.15, 0.2) is 71.2 Å². The molecular weight excluding hydrogens is 1260 g/mol. The molecular formula is C64H87BrClN5O17S. The van der Waals surface area contributed by atoms with Crippen molar-refractivity contribution in [1.29, 1.82) is 0 Å². The summed E-state index contributed by atoms with van der Waals surface area (Å²) in [5, 5.41) is 17.9. The number of nitrogens with one attached hydrogen (secondary N) is 2. The van der Waals surface area contributed by atoms with Crippen molar-refractivity contribution in [2.45, 2.75) is 178 Å². The number of ketones is 2. The normalized spacial score (nSPS) is 24.1. The molecule has 0 saturated carbocycles. The number of alkyl halides is 1. The number of esters is 3. The maximum atomic E-state index is 14.5. The van der Waals surface area contributed by atoms with E-state index < -0.39 is 130 Å². The zero-order valence-corrected chi connectivity index (χ0v) is 55.9. The van der Waals surface area contributed by atoms with Crippen LogP contribution in [0.4, 0.5) is 10.5 Å². The van der Waals surface area contributed by atoms with Crippen LogP contribution in [-0.2, 0) is 79.9 Å². The van der Waals surface area contributed by atoms with Crippen molar-refractivity contribution < 1.29 is 80.4 Å². The van der Waals surface area contributed by atoms with Crippen molar-refractivity contribution in [1.82, 2.24) is 15.5 Å². The second-order valence-corrected chi connectivity index (χ2v) is 27.2. The number of benzene rings is 2. The highest BCUT2D eigenvalue weighted by molar-refractivity contribution is 9.09. The largest absolute Gasteiger partial charge is 0.462 e. The molecule has 10 atom stereocenters. The number of amides is 5. The van der Waals surface area contributed by atoms with Gasteiger partial charge in [0.15, 0.2) is 15.6 Å². The number of nitrogens with zero attached hydrogens (tertiary/aromatic N) is 2. The highest BCUT2D eigenvalue weighted by Crippen LogP contribution is 2.50. The molecule has 3 heterocycles. The van der Waals surface area contributed by atoms with Gasteiger partial charge in [0.05, 0.1) is 47.2 Å². The van der Waals surface area contributed by atoms with Crippen molar-refractivity contribution in [3.8, 4) is 0 Å². The van der Waals surface area contributed by atoms with Crippen LogP contribution in [-0.4, -0.2) is 165 Å². The minimum atomic E-state index is -4.19. The van der Waals surface area contributed by atoms with E-state index >= 15 is 0 Å². The Labute approximate surface area is 535 Å². The Kier molecular flexibility index (Phi) is 26.5. The van der Waals surface area contributed by atoms with E-state index in [-0.39, 0.29) is 90.3 Å². The Morgan fingerprint density at radius 2 is 1.74 bits per heavy atom. The monoisotopic (exact) mass is 1340 g/mol. The van der Waals surface area contributed by atoms with Gasteiger partial charge in [-0.15, -0.1) is 0 Å². The number of hydrogen-bond acceptors (Lipinski definition) is 17. The zero-order valence-electron chi connectivity index (χ0n) is 52.7. The fourth-order valence-corrected chi connectivity index (χ4v) is 12.6. The van der Waals surface area contributed by atoms with Gasteiger partial charge in [0.25, 0.3) is 5.91 Å². The lowest BCUT2D eigenvalue weighted by Crippen LogP contribution is -2.53. The molecule has 490 valence electrons. The third kappa shape index (κ3) is 19.8. The van der Waals surface area contributed by atoms with E-state index in [9.17, 15) is 56.7 Å². The van der Waals surface area contributed by atoms with Crippen molar-refractivity contribution >= 4 is 96.3 Å². The second kappa shape index (κ2) is 32.1. The topological polar surface area (TPSA) is 314 Å². The van der Waals surface area contributed by atoms with Gasteiger partial charge in [-0.05, 0) is 107 Å². The SMILES string of the molecule is C=C(CBr)C(=O)OCCCCCC(=O)C[C@H](C(=O)N[C@@H](CCCNC(N)=O)C(=O)Cc1ccc(C(=O)N(C)[C@@H](C)C(=O)O[C@H]2CC(=O)N(C)c3cc(cc(C)c3Cl)C/C(C)=C/C=C/[C@@H](OC)[C@]3(O)CC(=O)O[C@@H](C3)[C@@H](C)[C@@H]3O[C@@]23C)cc1S(C)(=O)=O)C(C)C. The lowest BCUT2D eigenvalue weighted by atomic mass is 9.78. The minimum Gasteiger partial charge on any atom is -0.462 e. The number of Topliss-reactive ketones (excluding diaryl/α,β-unsaturated/α-hetero) is 2. The fourth-order valence-electron chi connectivity index (χ4n) is 11.2. The molecule has 89 heavy (non-hydrogen) atoms. The number of anilines is 1. The standard InChI is InChI=1S/C64H87BrClN5O17S/c1-36(2)46(31-45(72)19-14-13-15-25-85-60(78)39(5)35-65)58(76)69-47(20-17-24-68-62(67)80)49(73)29-43-22-23-44(30-51(43)89(12,82)83)59(77)70(9)41(7)61(79)87-53-32-54(74)71(10)48-28-42(27-38(4)56(48)66)26-37(3)18-16-21-52(84-11)64(81)33-50(86-55(75)34-64)40(6)57-63(53,8)88-57/h16,18,21-23,27-28,30,36,40-41,46-47,50,52-53,57,81H,5,13-15,17,19-20,24-26,29,31-35H2,1-4,6-12H3,(H,69,76)(H3,67,68,80)/b21-16+,37-18+/t40-,41+,46+,47+,50+,52-,53+,57+,63+,64-/m1/s1. The van der Waals surface area contributed by atoms with Crippen molar-refractivity contribution in [3.63, 3.8) is 0 Å². The fraction of sp³-hybridized carbons (Fsp3) is 0.578. The number of nitrogens with two attached hydrogens (primary N) is 1. The van der Waals surface area contributed by atoms with Gasteiger partial charge in [0, 0.05) is 88.0 Å². The summed E-state index contributed by atoms with van der Waals surface area (Å²) in [7, 11) is 0.0936. The average Bonchev–Trinajstić information content (AvgIpc) is 1.64. The van der Waals surface area contributed by atoms with Gasteiger partial charge in [-0.2, -0.15) is 0 Å². The number of epoxide rings is 1. The number of hydrogen-bond donors (Lipinski definition) is 4. The molecule has 0 spiro atoms. The second-order valence-electron chi connectivity index (χ2n) is 24.3. The number of carbonyl (C=O) groups is 9. The van der Waals surface area contributed by atoms with E-state index in [1.165, 1.54) is 38.1 Å². The van der Waals surface area contributed by atoms with Gasteiger partial charge in [-0.1, -0.05) is 90.8 Å². The molecule has 3 aliphatic rings. The molecule has 22 nitrogen and oxygen atoms in total. The van der Waals surface area contributed by atoms with Crippen molar-refractivity contribution in [3.05, 3.63) is 93.6 Å². The van der Waals surface area contributed by atoms with E-state index in [1.807, 2.05) is 26.0 Å². The number of rotatable bonds is 26. The number of sulfone groups is 1. The first kappa shape index (κ1) is 73.4. The first-order chi connectivity index (χ1) is 41.6. The summed E-state index contributed by atoms with van der Waals surface area (Å²) in [6.07, 6.45) is 3.13. The highest BCUT2D eigenvalue weighted by Gasteiger charge is 2.64. The molecule has 5 N–H and O–H groups in total. The molecule has 2 aromatic carbocycles. The maximum absolute atomic E-state index is 14.5. The Morgan fingerprint density at radius 3 is 2.38 bits per heavy atom. The molecule has 2 saturated heterocycles. The Balaban J connectivity index is 1.37. The van der Waals surface area contributed by atoms with E-state index in [0.29, 0.717) is 42.0 Å². The number of allylic oxidation sites excluding steroid dienone is 3. The number of halogens is 2. The third-order valence-corrected chi connectivity index (χ3v) is 19.2. The minimum absolute atomic E-state index is 0.00659. The van der Waals surface area contributed by atoms with Crippen LogP contribution in [0.1, 0.15) is 133 Å². The quantitative estimate of drug-likeness (QED) is 0.0182. The van der Waals surface area contributed by atoms with E-state index in [0.717, 1.165) is 28.4 Å². The summed E-state index contributed by atoms with van der Waals surface area (Å²) in [6, 6.07) is 3.97.